The van der Waals surface area contributed by atoms with Gasteiger partial charge in [0.25, 0.3) is 0 Å². The fraction of sp³-hybridized carbons (Fsp3) is 0.611. The van der Waals surface area contributed by atoms with Gasteiger partial charge in [-0.25, -0.2) is 0 Å². The van der Waals surface area contributed by atoms with Gasteiger partial charge in [0.1, 0.15) is 5.75 Å². The average Bonchev–Trinajstić information content (AvgIpc) is 3.04. The third-order valence-electron chi connectivity index (χ3n) is 4.16. The number of benzene rings is 1. The molecular weight excluding hydrogens is 449 g/mol. The van der Waals surface area contributed by atoms with E-state index in [0.717, 1.165) is 30.4 Å². The highest BCUT2D eigenvalue weighted by molar-refractivity contribution is 14.0. The largest absolute Gasteiger partial charge is 0.497 e. The lowest BCUT2D eigenvalue weighted by Crippen LogP contribution is -2.40. The summed E-state index contributed by atoms with van der Waals surface area (Å²) in [5.74, 6) is 2.73. The van der Waals surface area contributed by atoms with E-state index < -0.39 is 6.10 Å². The van der Waals surface area contributed by atoms with E-state index in [0.29, 0.717) is 6.54 Å². The Hall–Kier alpha value is -0.670. The van der Waals surface area contributed by atoms with Gasteiger partial charge in [0.2, 0.25) is 0 Å². The molecule has 5 nitrogen and oxygen atoms in total. The van der Waals surface area contributed by atoms with Crippen LogP contribution in [0.2, 0.25) is 0 Å². The van der Waals surface area contributed by atoms with Crippen molar-refractivity contribution >= 4 is 41.7 Å². The molecular formula is C18H30IN3O2S. The van der Waals surface area contributed by atoms with Crippen molar-refractivity contribution in [1.82, 2.24) is 10.6 Å². The molecule has 1 saturated heterocycles. The van der Waals surface area contributed by atoms with Crippen LogP contribution >= 0.6 is 35.7 Å². The van der Waals surface area contributed by atoms with E-state index in [9.17, 15) is 5.11 Å². The molecule has 1 aliphatic heterocycles. The van der Waals surface area contributed by atoms with Crippen LogP contribution in [0.15, 0.2) is 29.3 Å². The molecule has 1 heterocycles. The molecule has 1 aromatic carbocycles. The summed E-state index contributed by atoms with van der Waals surface area (Å²) in [5.41, 5.74) is 0.830. The van der Waals surface area contributed by atoms with E-state index in [1.165, 1.54) is 18.6 Å². The highest BCUT2D eigenvalue weighted by Crippen LogP contribution is 2.37. The number of nitrogens with zero attached hydrogens (tertiary/aromatic N) is 1. The van der Waals surface area contributed by atoms with Crippen LogP contribution in [0.5, 0.6) is 5.75 Å². The Kier molecular flexibility index (Phi) is 9.96. The van der Waals surface area contributed by atoms with E-state index in [1.807, 2.05) is 43.0 Å². The first kappa shape index (κ1) is 22.4. The van der Waals surface area contributed by atoms with E-state index >= 15 is 0 Å². The first-order chi connectivity index (χ1) is 11.6. The topological polar surface area (TPSA) is 65.9 Å². The molecule has 1 fully saturated rings. The number of ether oxygens (including phenoxy) is 1. The molecule has 0 aliphatic carbocycles. The Morgan fingerprint density at radius 1 is 1.44 bits per heavy atom. The number of guanidine groups is 1. The van der Waals surface area contributed by atoms with Gasteiger partial charge in [-0.05, 0) is 50.1 Å². The Balaban J connectivity index is 0.00000312. The lowest BCUT2D eigenvalue weighted by Gasteiger charge is -2.21. The molecule has 0 spiro atoms. The SMILES string of the molecule is CCNC(=NCC1(C)CCCS1)NCC(O)c1cccc(OC)c1.I. The molecule has 2 atom stereocenters. The maximum Gasteiger partial charge on any atom is 0.191 e. The third kappa shape index (κ3) is 7.22. The number of rotatable bonds is 7. The number of hydrogen-bond acceptors (Lipinski definition) is 4. The van der Waals surface area contributed by atoms with Crippen LogP contribution in [0.4, 0.5) is 0 Å². The van der Waals surface area contributed by atoms with Crippen molar-refractivity contribution in [3.05, 3.63) is 29.8 Å². The van der Waals surface area contributed by atoms with Gasteiger partial charge in [-0.3, -0.25) is 4.99 Å². The second-order valence-electron chi connectivity index (χ2n) is 6.27. The van der Waals surface area contributed by atoms with Crippen LogP contribution < -0.4 is 15.4 Å². The predicted molar refractivity (Wildman–Crippen MR) is 117 cm³/mol. The monoisotopic (exact) mass is 479 g/mol. The Labute approximate surface area is 172 Å². The van der Waals surface area contributed by atoms with E-state index in [4.69, 9.17) is 9.73 Å². The molecule has 25 heavy (non-hydrogen) atoms. The molecule has 2 unspecified atom stereocenters. The Morgan fingerprint density at radius 2 is 2.24 bits per heavy atom. The number of hydrogen-bond donors (Lipinski definition) is 3. The lowest BCUT2D eigenvalue weighted by atomic mass is 10.1. The van der Waals surface area contributed by atoms with Gasteiger partial charge in [-0.15, -0.1) is 24.0 Å². The van der Waals surface area contributed by atoms with Crippen LogP contribution in [0.25, 0.3) is 0 Å². The summed E-state index contributed by atoms with van der Waals surface area (Å²) < 4.78 is 5.45. The normalized spacial score (nSPS) is 21.4. The zero-order chi connectivity index (χ0) is 17.4. The fourth-order valence-corrected chi connectivity index (χ4v) is 3.94. The molecule has 2 rings (SSSR count). The van der Waals surface area contributed by atoms with Crippen molar-refractivity contribution in [2.75, 3.05) is 32.5 Å². The summed E-state index contributed by atoms with van der Waals surface area (Å²) in [7, 11) is 1.63. The van der Waals surface area contributed by atoms with Crippen molar-refractivity contribution in [2.45, 2.75) is 37.5 Å². The van der Waals surface area contributed by atoms with Crippen LogP contribution in [0.1, 0.15) is 38.4 Å². The van der Waals surface area contributed by atoms with Crippen molar-refractivity contribution in [3.63, 3.8) is 0 Å². The summed E-state index contributed by atoms with van der Waals surface area (Å²) >= 11 is 2.00. The summed E-state index contributed by atoms with van der Waals surface area (Å²) in [6, 6.07) is 7.51. The molecule has 1 aromatic rings. The smallest absolute Gasteiger partial charge is 0.191 e. The number of aliphatic hydroxyl groups is 1. The highest BCUT2D eigenvalue weighted by atomic mass is 127. The molecule has 0 aromatic heterocycles. The first-order valence-electron chi connectivity index (χ1n) is 8.54. The molecule has 0 radical (unpaired) electrons. The van der Waals surface area contributed by atoms with E-state index in [1.54, 1.807) is 7.11 Å². The number of aliphatic imine (C=N–C) groups is 1. The number of nitrogens with one attached hydrogen (secondary N) is 2. The molecule has 0 bridgehead atoms. The minimum Gasteiger partial charge on any atom is -0.497 e. The van der Waals surface area contributed by atoms with Crippen LogP contribution in [0.3, 0.4) is 0 Å². The minimum atomic E-state index is -0.611. The third-order valence-corrected chi connectivity index (χ3v) is 5.68. The van der Waals surface area contributed by atoms with Gasteiger partial charge >= 0.3 is 0 Å². The van der Waals surface area contributed by atoms with Crippen molar-refractivity contribution < 1.29 is 9.84 Å². The average molecular weight is 479 g/mol. The molecule has 3 N–H and O–H groups in total. The quantitative estimate of drug-likeness (QED) is 0.319. The maximum atomic E-state index is 10.4. The van der Waals surface area contributed by atoms with Crippen molar-refractivity contribution in [3.8, 4) is 5.75 Å². The number of methoxy groups -OCH3 is 1. The number of halogens is 1. The minimum absolute atomic E-state index is 0. The van der Waals surface area contributed by atoms with Crippen LogP contribution in [-0.4, -0.2) is 48.3 Å². The first-order valence-corrected chi connectivity index (χ1v) is 9.53. The van der Waals surface area contributed by atoms with Crippen molar-refractivity contribution in [1.29, 1.82) is 0 Å². The van der Waals surface area contributed by atoms with E-state index in [-0.39, 0.29) is 28.7 Å². The molecule has 0 amide bonds. The zero-order valence-corrected chi connectivity index (χ0v) is 18.4. The lowest BCUT2D eigenvalue weighted by molar-refractivity contribution is 0.180. The van der Waals surface area contributed by atoms with Gasteiger partial charge in [0.05, 0.1) is 19.8 Å². The molecule has 1 aliphatic rings. The predicted octanol–water partition coefficient (Wildman–Crippen LogP) is 3.19. The Bertz CT molecular complexity index is 551. The second kappa shape index (κ2) is 11.1. The van der Waals surface area contributed by atoms with Gasteiger partial charge in [0.15, 0.2) is 5.96 Å². The van der Waals surface area contributed by atoms with Gasteiger partial charge in [-0.2, -0.15) is 11.8 Å². The summed E-state index contributed by atoms with van der Waals surface area (Å²) in [5, 5.41) is 16.9. The van der Waals surface area contributed by atoms with E-state index in [2.05, 4.69) is 17.6 Å². The maximum absolute atomic E-state index is 10.4. The second-order valence-corrected chi connectivity index (χ2v) is 7.95. The summed E-state index contributed by atoms with van der Waals surface area (Å²) in [4.78, 5) is 4.70. The fourth-order valence-electron chi connectivity index (χ4n) is 2.71. The Morgan fingerprint density at radius 3 is 2.88 bits per heavy atom. The van der Waals surface area contributed by atoms with Crippen LogP contribution in [0, 0.1) is 0 Å². The van der Waals surface area contributed by atoms with Gasteiger partial charge in [-0.1, -0.05) is 12.1 Å². The highest BCUT2D eigenvalue weighted by Gasteiger charge is 2.29. The summed E-state index contributed by atoms with van der Waals surface area (Å²) in [6.45, 7) is 6.32. The van der Waals surface area contributed by atoms with Gasteiger partial charge in [0, 0.05) is 17.8 Å². The van der Waals surface area contributed by atoms with Crippen molar-refractivity contribution in [2.24, 2.45) is 4.99 Å². The van der Waals surface area contributed by atoms with Crippen LogP contribution in [-0.2, 0) is 0 Å². The van der Waals surface area contributed by atoms with Gasteiger partial charge < -0.3 is 20.5 Å². The zero-order valence-electron chi connectivity index (χ0n) is 15.2. The number of thioether (sulfide) groups is 1. The molecule has 142 valence electrons. The molecule has 7 heteroatoms. The number of aliphatic hydroxyl groups excluding tert-OH is 1. The standard InChI is InChI=1S/C18H29N3O2S.HI/c1-4-19-17(21-13-18(2)9-6-10-24-18)20-12-16(22)14-7-5-8-15(11-14)23-3;/h5,7-8,11,16,22H,4,6,9-10,12-13H2,1-3H3,(H2,19,20,21);1H. The summed E-state index contributed by atoms with van der Waals surface area (Å²) in [6.07, 6.45) is 1.88. The molecule has 0 saturated carbocycles.